The van der Waals surface area contributed by atoms with Gasteiger partial charge in [-0.05, 0) is 20.8 Å². The van der Waals surface area contributed by atoms with E-state index in [1.54, 1.807) is 0 Å². The van der Waals surface area contributed by atoms with Gasteiger partial charge in [0.05, 0.1) is 12.7 Å². The minimum absolute atomic E-state index is 0.207. The van der Waals surface area contributed by atoms with Gasteiger partial charge in [0.2, 0.25) is 0 Å². The summed E-state index contributed by atoms with van der Waals surface area (Å²) in [4.78, 5) is 11.3. The second kappa shape index (κ2) is 9.35. The Morgan fingerprint density at radius 1 is 1.12 bits per heavy atom. The first-order chi connectivity index (χ1) is 8.14. The van der Waals surface area contributed by atoms with Crippen molar-refractivity contribution in [3.63, 3.8) is 0 Å². The Labute approximate surface area is 104 Å². The monoisotopic (exact) mass is 262 g/mol. The first-order valence-corrected chi connectivity index (χ1v) is 7.79. The maximum Gasteiger partial charge on any atom is 0.501 e. The zero-order valence-corrected chi connectivity index (χ0v) is 11.9. The van der Waals surface area contributed by atoms with Gasteiger partial charge in [-0.25, -0.2) is 0 Å². The molecule has 0 atom stereocenters. The highest BCUT2D eigenvalue weighted by Gasteiger charge is 2.40. The van der Waals surface area contributed by atoms with Crippen LogP contribution in [0.25, 0.3) is 0 Å². The maximum atomic E-state index is 11.3. The summed E-state index contributed by atoms with van der Waals surface area (Å²) in [5.41, 5.74) is 0. The Kier molecular flexibility index (Phi) is 8.97. The molecule has 0 spiro atoms. The Morgan fingerprint density at radius 2 is 1.59 bits per heavy atom. The van der Waals surface area contributed by atoms with Crippen molar-refractivity contribution in [1.29, 1.82) is 0 Å². The van der Waals surface area contributed by atoms with E-state index in [1.807, 2.05) is 20.8 Å². The van der Waals surface area contributed by atoms with Crippen LogP contribution in [0.4, 0.5) is 0 Å². The van der Waals surface area contributed by atoms with Crippen LogP contribution in [0.5, 0.6) is 0 Å². The first kappa shape index (κ1) is 16.3. The molecule has 0 fully saturated rings. The number of carbonyl (C=O) groups excluding carboxylic acids is 1. The molecule has 0 aliphatic heterocycles. The average Bonchev–Trinajstić information content (AvgIpc) is 2.28. The molecule has 0 radical (unpaired) electrons. The van der Waals surface area contributed by atoms with Crippen molar-refractivity contribution >= 4 is 14.8 Å². The van der Waals surface area contributed by atoms with Gasteiger partial charge in [0.15, 0.2) is 0 Å². The SMILES string of the molecule is C=COC(=O)CC[Si](OCC)(OCC)OCC. The maximum absolute atomic E-state index is 11.3. The van der Waals surface area contributed by atoms with E-state index in [0.717, 1.165) is 6.26 Å². The molecule has 0 amide bonds. The zero-order chi connectivity index (χ0) is 13.1. The summed E-state index contributed by atoms with van der Waals surface area (Å²) in [6.45, 7) is 10.5. The molecule has 0 aromatic carbocycles. The van der Waals surface area contributed by atoms with Crippen molar-refractivity contribution in [2.45, 2.75) is 33.2 Å². The summed E-state index contributed by atoms with van der Waals surface area (Å²) in [7, 11) is -2.72. The quantitative estimate of drug-likeness (QED) is 0.343. The van der Waals surface area contributed by atoms with Gasteiger partial charge >= 0.3 is 14.8 Å². The summed E-state index contributed by atoms with van der Waals surface area (Å²) >= 11 is 0. The lowest BCUT2D eigenvalue weighted by molar-refractivity contribution is -0.137. The van der Waals surface area contributed by atoms with Gasteiger partial charge in [0.25, 0.3) is 0 Å². The second-order valence-electron chi connectivity index (χ2n) is 3.14. The van der Waals surface area contributed by atoms with Gasteiger partial charge in [-0.2, -0.15) is 0 Å². The molecule has 5 nitrogen and oxygen atoms in total. The molecule has 0 aromatic rings. The van der Waals surface area contributed by atoms with E-state index < -0.39 is 8.80 Å². The van der Waals surface area contributed by atoms with Crippen molar-refractivity contribution in [3.8, 4) is 0 Å². The molecule has 100 valence electrons. The van der Waals surface area contributed by atoms with Crippen LogP contribution in [-0.4, -0.2) is 34.6 Å². The third-order valence-electron chi connectivity index (χ3n) is 1.94. The standard InChI is InChI=1S/C11H22O5Si/c1-5-13-11(12)9-10-17(14-6-2,15-7-3)16-8-4/h5H,1,6-10H2,2-4H3. The van der Waals surface area contributed by atoms with Crippen molar-refractivity contribution in [2.24, 2.45) is 0 Å². The molecule has 0 bridgehead atoms. The predicted molar refractivity (Wildman–Crippen MR) is 66.3 cm³/mol. The normalized spacial score (nSPS) is 11.2. The van der Waals surface area contributed by atoms with Crippen molar-refractivity contribution in [2.75, 3.05) is 19.8 Å². The molecular formula is C11H22O5Si. The lowest BCUT2D eigenvalue weighted by Crippen LogP contribution is -2.46. The van der Waals surface area contributed by atoms with Gasteiger partial charge in [-0.3, -0.25) is 4.79 Å². The van der Waals surface area contributed by atoms with Crippen LogP contribution in [0.1, 0.15) is 27.2 Å². The number of rotatable bonds is 10. The van der Waals surface area contributed by atoms with E-state index in [0.29, 0.717) is 25.9 Å². The first-order valence-electron chi connectivity index (χ1n) is 5.86. The Morgan fingerprint density at radius 3 is 1.94 bits per heavy atom. The molecule has 0 saturated carbocycles. The molecule has 0 saturated heterocycles. The summed E-state index contributed by atoms with van der Waals surface area (Å²) in [5.74, 6) is -0.351. The third kappa shape index (κ3) is 6.57. The molecule has 17 heavy (non-hydrogen) atoms. The highest BCUT2D eigenvalue weighted by atomic mass is 28.4. The van der Waals surface area contributed by atoms with Gasteiger partial charge in [0, 0.05) is 25.9 Å². The summed E-state index contributed by atoms with van der Waals surface area (Å²) in [5, 5.41) is 0. The van der Waals surface area contributed by atoms with E-state index in [-0.39, 0.29) is 12.4 Å². The van der Waals surface area contributed by atoms with Crippen molar-refractivity contribution in [3.05, 3.63) is 12.8 Å². The lowest BCUT2D eigenvalue weighted by Gasteiger charge is -2.28. The van der Waals surface area contributed by atoms with E-state index in [2.05, 4.69) is 11.3 Å². The Bertz CT molecular complexity index is 215. The summed E-state index contributed by atoms with van der Waals surface area (Å²) in [6, 6.07) is 0.426. The van der Waals surface area contributed by atoms with Crippen molar-refractivity contribution < 1.29 is 22.8 Å². The largest absolute Gasteiger partial charge is 0.501 e. The molecule has 0 aliphatic rings. The number of carbonyl (C=O) groups is 1. The zero-order valence-electron chi connectivity index (χ0n) is 10.9. The molecule has 0 unspecified atom stereocenters. The fourth-order valence-electron chi connectivity index (χ4n) is 1.41. The van der Waals surface area contributed by atoms with Crippen LogP contribution in [0.2, 0.25) is 6.04 Å². The minimum Gasteiger partial charge on any atom is -0.435 e. The fourth-order valence-corrected chi connectivity index (χ4v) is 3.92. The highest BCUT2D eigenvalue weighted by Crippen LogP contribution is 2.18. The number of hydrogen-bond donors (Lipinski definition) is 0. The predicted octanol–water partition coefficient (Wildman–Crippen LogP) is 2.11. The average molecular weight is 262 g/mol. The van der Waals surface area contributed by atoms with Crippen LogP contribution in [0.3, 0.4) is 0 Å². The summed E-state index contributed by atoms with van der Waals surface area (Å²) in [6.07, 6.45) is 1.33. The van der Waals surface area contributed by atoms with Crippen LogP contribution in [0.15, 0.2) is 12.8 Å². The molecule has 0 N–H and O–H groups in total. The van der Waals surface area contributed by atoms with Crippen LogP contribution < -0.4 is 0 Å². The fraction of sp³-hybridized carbons (Fsp3) is 0.727. The van der Waals surface area contributed by atoms with E-state index >= 15 is 0 Å². The van der Waals surface area contributed by atoms with Gasteiger partial charge in [-0.1, -0.05) is 6.58 Å². The van der Waals surface area contributed by atoms with E-state index in [4.69, 9.17) is 13.3 Å². The summed E-state index contributed by atoms with van der Waals surface area (Å²) < 4.78 is 21.5. The number of ether oxygens (including phenoxy) is 1. The molecule has 0 heterocycles. The number of hydrogen-bond acceptors (Lipinski definition) is 5. The van der Waals surface area contributed by atoms with E-state index in [9.17, 15) is 4.79 Å². The smallest absolute Gasteiger partial charge is 0.435 e. The molecule has 0 aliphatic carbocycles. The topological polar surface area (TPSA) is 54.0 Å². The van der Waals surface area contributed by atoms with Crippen LogP contribution >= 0.6 is 0 Å². The number of esters is 1. The Hall–Kier alpha value is -0.693. The van der Waals surface area contributed by atoms with Gasteiger partial charge < -0.3 is 18.0 Å². The molecule has 0 rings (SSSR count). The van der Waals surface area contributed by atoms with Gasteiger partial charge in [0.1, 0.15) is 0 Å². The molecule has 0 aromatic heterocycles. The van der Waals surface area contributed by atoms with Crippen molar-refractivity contribution in [1.82, 2.24) is 0 Å². The third-order valence-corrected chi connectivity index (χ3v) is 4.99. The minimum atomic E-state index is -2.72. The van der Waals surface area contributed by atoms with E-state index in [1.165, 1.54) is 0 Å². The Balaban J connectivity index is 4.42. The molecule has 6 heteroatoms. The highest BCUT2D eigenvalue weighted by molar-refractivity contribution is 6.60. The lowest BCUT2D eigenvalue weighted by atomic mass is 10.5. The molecular weight excluding hydrogens is 240 g/mol. The van der Waals surface area contributed by atoms with Gasteiger partial charge in [-0.15, -0.1) is 0 Å². The van der Waals surface area contributed by atoms with Crippen LogP contribution in [-0.2, 0) is 22.8 Å². The second-order valence-corrected chi connectivity index (χ2v) is 5.87. The van der Waals surface area contributed by atoms with Crippen LogP contribution in [0, 0.1) is 0 Å².